The average Bonchev–Trinajstić information content (AvgIpc) is 2.96. The van der Waals surface area contributed by atoms with E-state index in [-0.39, 0.29) is 22.9 Å². The molecule has 3 heterocycles. The number of nitrogens with two attached hydrogens (primary N) is 1. The molecule has 2 aromatic heterocycles. The van der Waals surface area contributed by atoms with Crippen molar-refractivity contribution in [3.05, 3.63) is 47.1 Å². The van der Waals surface area contributed by atoms with Crippen LogP contribution in [0.3, 0.4) is 0 Å². The van der Waals surface area contributed by atoms with Crippen molar-refractivity contribution in [2.45, 2.75) is 13.0 Å². The van der Waals surface area contributed by atoms with Gasteiger partial charge in [0.25, 0.3) is 0 Å². The number of pyridine rings is 1. The summed E-state index contributed by atoms with van der Waals surface area (Å²) in [4.78, 5) is 18.5. The van der Waals surface area contributed by atoms with Crippen molar-refractivity contribution in [1.29, 1.82) is 5.41 Å². The molecule has 3 rings (SSSR count). The molecule has 24 heavy (non-hydrogen) atoms. The molecule has 8 heteroatoms. The number of likely N-dealkylation sites (tertiary alicyclic amines) is 1. The predicted octanol–water partition coefficient (Wildman–Crippen LogP) is 1.46. The third-order valence-corrected chi connectivity index (χ3v) is 4.52. The Bertz CT molecular complexity index is 808. The lowest BCUT2D eigenvalue weighted by Gasteiger charge is -2.40. The van der Waals surface area contributed by atoms with E-state index < -0.39 is 0 Å². The standard InChI is InChI=1S/C16H19ClN6O/c1-10(13-7-20-14-4-2-3-5-23(13)14)21-16(24)11-8-22(9-11)15(19)12(17)6-18/h2-7,10-11,18H,8-9,19H2,1H3,(H,21,24)/b15-12-,18-6?. The van der Waals surface area contributed by atoms with Crippen LogP contribution >= 0.6 is 11.6 Å². The smallest absolute Gasteiger partial charge is 0.227 e. The highest BCUT2D eigenvalue weighted by Gasteiger charge is 2.34. The Morgan fingerprint density at radius 1 is 1.54 bits per heavy atom. The monoisotopic (exact) mass is 346 g/mol. The lowest BCUT2D eigenvalue weighted by atomic mass is 9.98. The second-order valence-electron chi connectivity index (χ2n) is 5.82. The Labute approximate surface area is 144 Å². The molecule has 1 fully saturated rings. The van der Waals surface area contributed by atoms with Gasteiger partial charge in [0.1, 0.15) is 11.5 Å². The molecule has 1 amide bonds. The van der Waals surface area contributed by atoms with Crippen molar-refractivity contribution in [1.82, 2.24) is 19.6 Å². The second kappa shape index (κ2) is 6.52. The van der Waals surface area contributed by atoms with Crippen LogP contribution in [-0.4, -0.2) is 39.5 Å². The van der Waals surface area contributed by atoms with Gasteiger partial charge in [-0.3, -0.25) is 4.79 Å². The Morgan fingerprint density at radius 3 is 3.00 bits per heavy atom. The summed E-state index contributed by atoms with van der Waals surface area (Å²) >= 11 is 5.82. The first-order valence-electron chi connectivity index (χ1n) is 7.64. The summed E-state index contributed by atoms with van der Waals surface area (Å²) in [6, 6.07) is 5.63. The molecule has 1 atom stereocenters. The molecular weight excluding hydrogens is 328 g/mol. The zero-order chi connectivity index (χ0) is 17.3. The van der Waals surface area contributed by atoms with Crippen molar-refractivity contribution in [2.24, 2.45) is 11.7 Å². The molecule has 0 radical (unpaired) electrons. The Hall–Kier alpha value is -2.54. The van der Waals surface area contributed by atoms with Gasteiger partial charge in [0.05, 0.1) is 28.9 Å². The van der Waals surface area contributed by atoms with Crippen LogP contribution in [0.2, 0.25) is 0 Å². The number of nitrogens with zero attached hydrogens (tertiary/aromatic N) is 3. The van der Waals surface area contributed by atoms with E-state index in [0.29, 0.717) is 18.9 Å². The first-order valence-corrected chi connectivity index (χ1v) is 8.02. The summed E-state index contributed by atoms with van der Waals surface area (Å²) in [7, 11) is 0. The molecule has 0 spiro atoms. The van der Waals surface area contributed by atoms with Crippen molar-refractivity contribution in [3.8, 4) is 0 Å². The number of imidazole rings is 1. The highest BCUT2D eigenvalue weighted by atomic mass is 35.5. The van der Waals surface area contributed by atoms with Crippen LogP contribution in [0, 0.1) is 11.3 Å². The third kappa shape index (κ3) is 2.94. The number of hydrogen-bond acceptors (Lipinski definition) is 5. The van der Waals surface area contributed by atoms with Gasteiger partial charge in [0.2, 0.25) is 5.91 Å². The van der Waals surface area contributed by atoms with Crippen LogP contribution in [0.4, 0.5) is 0 Å². The summed E-state index contributed by atoms with van der Waals surface area (Å²) in [6.45, 7) is 2.94. The third-order valence-electron chi connectivity index (χ3n) is 4.21. The van der Waals surface area contributed by atoms with Gasteiger partial charge in [-0.1, -0.05) is 17.7 Å². The number of carbonyl (C=O) groups is 1. The molecule has 2 aromatic rings. The maximum Gasteiger partial charge on any atom is 0.227 e. The number of aromatic nitrogens is 2. The highest BCUT2D eigenvalue weighted by Crippen LogP contribution is 2.22. The van der Waals surface area contributed by atoms with Crippen LogP contribution in [-0.2, 0) is 4.79 Å². The molecule has 0 aliphatic carbocycles. The number of amides is 1. The normalized spacial score (nSPS) is 17.2. The minimum Gasteiger partial charge on any atom is -0.384 e. The van der Waals surface area contributed by atoms with Crippen molar-refractivity contribution in [2.75, 3.05) is 13.1 Å². The largest absolute Gasteiger partial charge is 0.384 e. The number of rotatable bonds is 5. The number of carbonyl (C=O) groups excluding carboxylic acids is 1. The van der Waals surface area contributed by atoms with E-state index in [0.717, 1.165) is 17.6 Å². The molecule has 0 bridgehead atoms. The molecule has 0 aromatic carbocycles. The fourth-order valence-corrected chi connectivity index (χ4v) is 2.86. The van der Waals surface area contributed by atoms with E-state index in [1.165, 1.54) is 0 Å². The molecule has 1 aliphatic heterocycles. The summed E-state index contributed by atoms with van der Waals surface area (Å²) < 4.78 is 1.96. The topological polar surface area (TPSA) is 99.5 Å². The summed E-state index contributed by atoms with van der Waals surface area (Å²) in [5.74, 6) is 0.175. The molecule has 4 N–H and O–H groups in total. The Morgan fingerprint density at radius 2 is 2.29 bits per heavy atom. The van der Waals surface area contributed by atoms with Crippen LogP contribution in [0.15, 0.2) is 41.4 Å². The second-order valence-corrected chi connectivity index (χ2v) is 6.23. The van der Waals surface area contributed by atoms with E-state index in [1.54, 1.807) is 11.1 Å². The van der Waals surface area contributed by atoms with Crippen LogP contribution in [0.1, 0.15) is 18.7 Å². The van der Waals surface area contributed by atoms with Gasteiger partial charge in [-0.2, -0.15) is 0 Å². The van der Waals surface area contributed by atoms with Gasteiger partial charge >= 0.3 is 0 Å². The van der Waals surface area contributed by atoms with Crippen molar-refractivity contribution < 1.29 is 4.79 Å². The van der Waals surface area contributed by atoms with E-state index in [1.807, 2.05) is 35.7 Å². The van der Waals surface area contributed by atoms with Gasteiger partial charge in [-0.15, -0.1) is 0 Å². The fraction of sp³-hybridized carbons (Fsp3) is 0.312. The molecule has 126 valence electrons. The van der Waals surface area contributed by atoms with Gasteiger partial charge in [-0.25, -0.2) is 4.98 Å². The van der Waals surface area contributed by atoms with Gasteiger partial charge in [0.15, 0.2) is 0 Å². The number of nitrogens with one attached hydrogen (secondary N) is 2. The molecule has 7 nitrogen and oxygen atoms in total. The molecule has 0 saturated carbocycles. The maximum absolute atomic E-state index is 12.4. The average molecular weight is 347 g/mol. The summed E-state index contributed by atoms with van der Waals surface area (Å²) in [5.41, 5.74) is 7.60. The Kier molecular flexibility index (Phi) is 4.44. The zero-order valence-electron chi connectivity index (χ0n) is 13.2. The van der Waals surface area contributed by atoms with Crippen molar-refractivity contribution in [3.63, 3.8) is 0 Å². The van der Waals surface area contributed by atoms with E-state index in [2.05, 4.69) is 10.3 Å². The predicted molar refractivity (Wildman–Crippen MR) is 92.7 cm³/mol. The van der Waals surface area contributed by atoms with Crippen LogP contribution in [0.25, 0.3) is 5.65 Å². The Balaban J connectivity index is 1.61. The SMILES string of the molecule is CC(NC(=O)C1CN(/C(N)=C(\Cl)C=N)C1)c1cnc2ccccn12. The van der Waals surface area contributed by atoms with Gasteiger partial charge in [-0.05, 0) is 19.1 Å². The van der Waals surface area contributed by atoms with Gasteiger partial charge in [0, 0.05) is 25.5 Å². The molecule has 1 unspecified atom stereocenters. The summed E-state index contributed by atoms with van der Waals surface area (Å²) in [5, 5.41) is 10.3. The number of allylic oxidation sites excluding steroid dienone is 1. The first kappa shape index (κ1) is 16.3. The van der Waals surface area contributed by atoms with Gasteiger partial charge < -0.3 is 25.8 Å². The minimum atomic E-state index is -0.151. The molecule has 1 saturated heterocycles. The number of hydrogen-bond donors (Lipinski definition) is 3. The number of fused-ring (bicyclic) bond motifs is 1. The van der Waals surface area contributed by atoms with Crippen molar-refractivity contribution >= 4 is 29.4 Å². The number of halogens is 1. The first-order chi connectivity index (χ1) is 11.5. The molecular formula is C16H19ClN6O. The minimum absolute atomic E-state index is 0.0246. The molecule has 1 aliphatic rings. The lowest BCUT2D eigenvalue weighted by molar-refractivity contribution is -0.130. The lowest BCUT2D eigenvalue weighted by Crippen LogP contribution is -2.54. The van der Waals surface area contributed by atoms with E-state index >= 15 is 0 Å². The fourth-order valence-electron chi connectivity index (χ4n) is 2.74. The quantitative estimate of drug-likeness (QED) is 0.713. The maximum atomic E-state index is 12.4. The van der Waals surface area contributed by atoms with E-state index in [9.17, 15) is 4.79 Å². The summed E-state index contributed by atoms with van der Waals surface area (Å²) in [6.07, 6.45) is 4.70. The zero-order valence-corrected chi connectivity index (χ0v) is 14.0. The van der Waals surface area contributed by atoms with E-state index in [4.69, 9.17) is 22.7 Å². The van der Waals surface area contributed by atoms with Crippen LogP contribution in [0.5, 0.6) is 0 Å². The van der Waals surface area contributed by atoms with Crippen LogP contribution < -0.4 is 11.1 Å². The highest BCUT2D eigenvalue weighted by molar-refractivity contribution is 6.39.